The van der Waals surface area contributed by atoms with Crippen molar-refractivity contribution in [3.8, 4) is 0 Å². The highest BCUT2D eigenvalue weighted by Crippen LogP contribution is 2.21. The lowest BCUT2D eigenvalue weighted by atomic mass is 10.1. The Morgan fingerprint density at radius 2 is 1.70 bits per heavy atom. The maximum atomic E-state index is 12.4. The molecule has 0 saturated heterocycles. The molecule has 0 spiro atoms. The van der Waals surface area contributed by atoms with Crippen LogP contribution in [0, 0.1) is 13.8 Å². The number of carbonyl (C=O) groups is 2. The number of rotatable bonds is 6. The lowest BCUT2D eigenvalue weighted by molar-refractivity contribution is -0.115. The van der Waals surface area contributed by atoms with Crippen LogP contribution in [0.1, 0.15) is 21.5 Å². The van der Waals surface area contributed by atoms with E-state index < -0.39 is 21.8 Å². The van der Waals surface area contributed by atoms with Gasteiger partial charge in [0.15, 0.2) is 0 Å². The van der Waals surface area contributed by atoms with E-state index in [1.165, 1.54) is 13.1 Å². The number of sulfonamides is 1. The van der Waals surface area contributed by atoms with Crippen molar-refractivity contribution < 1.29 is 18.0 Å². The van der Waals surface area contributed by atoms with Crippen molar-refractivity contribution in [3.63, 3.8) is 0 Å². The van der Waals surface area contributed by atoms with Gasteiger partial charge in [-0.05, 0) is 68.4 Å². The lowest BCUT2D eigenvalue weighted by Gasteiger charge is -2.12. The van der Waals surface area contributed by atoms with Crippen LogP contribution in [0.25, 0.3) is 0 Å². The smallest absolute Gasteiger partial charge is 0.251 e. The van der Waals surface area contributed by atoms with Gasteiger partial charge in [-0.1, -0.05) is 15.9 Å². The van der Waals surface area contributed by atoms with Crippen molar-refractivity contribution in [1.82, 2.24) is 10.0 Å². The summed E-state index contributed by atoms with van der Waals surface area (Å²) in [5.41, 5.74) is 2.00. The second-order valence-electron chi connectivity index (χ2n) is 5.86. The fraction of sp³-hybridized carbons (Fsp3) is 0.222. The highest BCUT2D eigenvalue weighted by atomic mass is 79.9. The molecule has 144 valence electrons. The van der Waals surface area contributed by atoms with Gasteiger partial charge in [0, 0.05) is 15.7 Å². The quantitative estimate of drug-likeness (QED) is 0.623. The number of hydrogen-bond acceptors (Lipinski definition) is 4. The summed E-state index contributed by atoms with van der Waals surface area (Å²) in [7, 11) is -2.39. The minimum Gasteiger partial charge on any atom is -0.343 e. The van der Waals surface area contributed by atoms with E-state index in [9.17, 15) is 18.0 Å². The predicted molar refractivity (Wildman–Crippen MR) is 107 cm³/mol. The molecule has 2 rings (SSSR count). The molecule has 0 fully saturated rings. The van der Waals surface area contributed by atoms with Crippen LogP contribution >= 0.6 is 15.9 Å². The van der Waals surface area contributed by atoms with E-state index in [1.807, 2.05) is 0 Å². The Bertz CT molecular complexity index is 973. The highest BCUT2D eigenvalue weighted by molar-refractivity contribution is 9.10. The molecular formula is C18H20BrN3O4S. The molecule has 7 nitrogen and oxygen atoms in total. The number of hydrogen-bond donors (Lipinski definition) is 3. The standard InChI is InChI=1S/C18H20BrN3O4S/c1-11-8-13(9-16(12(11)2)27(25,26)20-3)18(24)21-10-17(23)22-15-6-4-14(19)5-7-15/h4-9,20H,10H2,1-3H3,(H,21,24)(H,22,23). The average Bonchev–Trinajstić information content (AvgIpc) is 2.63. The summed E-state index contributed by atoms with van der Waals surface area (Å²) in [6.07, 6.45) is 0. The molecule has 2 aromatic rings. The molecule has 0 aliphatic rings. The number of anilines is 1. The van der Waals surface area contributed by atoms with Crippen LogP contribution in [-0.2, 0) is 14.8 Å². The molecule has 0 unspecified atom stereocenters. The summed E-state index contributed by atoms with van der Waals surface area (Å²) < 4.78 is 27.4. The minimum absolute atomic E-state index is 0.0365. The van der Waals surface area contributed by atoms with Crippen molar-refractivity contribution in [2.45, 2.75) is 18.7 Å². The first-order chi connectivity index (χ1) is 12.6. The van der Waals surface area contributed by atoms with Gasteiger partial charge >= 0.3 is 0 Å². The van der Waals surface area contributed by atoms with Crippen LogP contribution in [-0.4, -0.2) is 33.8 Å². The number of carbonyl (C=O) groups excluding carboxylic acids is 2. The summed E-state index contributed by atoms with van der Waals surface area (Å²) >= 11 is 3.31. The highest BCUT2D eigenvalue weighted by Gasteiger charge is 2.19. The zero-order valence-electron chi connectivity index (χ0n) is 15.1. The predicted octanol–water partition coefficient (Wildman–Crippen LogP) is 2.34. The second kappa shape index (κ2) is 8.64. The van der Waals surface area contributed by atoms with E-state index in [0.717, 1.165) is 4.47 Å². The fourth-order valence-electron chi connectivity index (χ4n) is 2.35. The van der Waals surface area contributed by atoms with Crippen LogP contribution in [0.2, 0.25) is 0 Å². The van der Waals surface area contributed by atoms with Crippen molar-refractivity contribution in [3.05, 3.63) is 57.6 Å². The van der Waals surface area contributed by atoms with E-state index in [1.54, 1.807) is 44.2 Å². The Labute approximate surface area is 166 Å². The van der Waals surface area contributed by atoms with Gasteiger partial charge < -0.3 is 10.6 Å². The fourth-order valence-corrected chi connectivity index (χ4v) is 3.68. The molecule has 27 heavy (non-hydrogen) atoms. The molecule has 9 heteroatoms. The summed E-state index contributed by atoms with van der Waals surface area (Å²) in [6, 6.07) is 9.91. The van der Waals surface area contributed by atoms with Crippen molar-refractivity contribution in [2.24, 2.45) is 0 Å². The zero-order chi connectivity index (χ0) is 20.2. The first-order valence-corrected chi connectivity index (χ1v) is 10.3. The molecule has 0 heterocycles. The van der Waals surface area contributed by atoms with Gasteiger partial charge in [-0.15, -0.1) is 0 Å². The molecule has 0 aliphatic carbocycles. The molecule has 0 bridgehead atoms. The average molecular weight is 454 g/mol. The topological polar surface area (TPSA) is 104 Å². The summed E-state index contributed by atoms with van der Waals surface area (Å²) in [4.78, 5) is 24.4. The third-order valence-electron chi connectivity index (χ3n) is 3.98. The van der Waals surface area contributed by atoms with Crippen LogP contribution in [0.15, 0.2) is 45.8 Å². The summed E-state index contributed by atoms with van der Waals surface area (Å²) in [5.74, 6) is -0.922. The van der Waals surface area contributed by atoms with E-state index in [-0.39, 0.29) is 17.0 Å². The maximum Gasteiger partial charge on any atom is 0.251 e. The van der Waals surface area contributed by atoms with Gasteiger partial charge in [-0.3, -0.25) is 9.59 Å². The Morgan fingerprint density at radius 1 is 1.07 bits per heavy atom. The number of halogens is 1. The van der Waals surface area contributed by atoms with E-state index in [2.05, 4.69) is 31.3 Å². The monoisotopic (exact) mass is 453 g/mol. The van der Waals surface area contributed by atoms with Crippen LogP contribution in [0.4, 0.5) is 5.69 Å². The van der Waals surface area contributed by atoms with Crippen molar-refractivity contribution in [1.29, 1.82) is 0 Å². The first kappa shape index (κ1) is 21.1. The molecule has 0 atom stereocenters. The van der Waals surface area contributed by atoms with Crippen LogP contribution < -0.4 is 15.4 Å². The normalized spacial score (nSPS) is 11.1. The number of nitrogens with one attached hydrogen (secondary N) is 3. The first-order valence-electron chi connectivity index (χ1n) is 8.02. The molecule has 3 N–H and O–H groups in total. The van der Waals surface area contributed by atoms with Crippen molar-refractivity contribution >= 4 is 43.5 Å². The molecule has 2 aromatic carbocycles. The maximum absolute atomic E-state index is 12.4. The van der Waals surface area contributed by atoms with Gasteiger partial charge in [0.05, 0.1) is 11.4 Å². The number of benzene rings is 2. The van der Waals surface area contributed by atoms with Crippen molar-refractivity contribution in [2.75, 3.05) is 18.9 Å². The van der Waals surface area contributed by atoms with Gasteiger partial charge in [0.2, 0.25) is 15.9 Å². The van der Waals surface area contributed by atoms with Crippen LogP contribution in [0.5, 0.6) is 0 Å². The number of aryl methyl sites for hydroxylation is 1. The zero-order valence-corrected chi connectivity index (χ0v) is 17.5. The molecule has 0 aliphatic heterocycles. The molecule has 2 amide bonds. The van der Waals surface area contributed by atoms with E-state index >= 15 is 0 Å². The largest absolute Gasteiger partial charge is 0.343 e. The summed E-state index contributed by atoms with van der Waals surface area (Å²) in [6.45, 7) is 3.16. The molecule has 0 radical (unpaired) electrons. The SMILES string of the molecule is CNS(=O)(=O)c1cc(C(=O)NCC(=O)Nc2ccc(Br)cc2)cc(C)c1C. The Balaban J connectivity index is 2.09. The third-order valence-corrected chi connectivity index (χ3v) is 6.05. The van der Waals surface area contributed by atoms with Gasteiger partial charge in [-0.2, -0.15) is 0 Å². The van der Waals surface area contributed by atoms with E-state index in [0.29, 0.717) is 16.8 Å². The molecular weight excluding hydrogens is 434 g/mol. The number of amides is 2. The van der Waals surface area contributed by atoms with Gasteiger partial charge in [0.1, 0.15) is 0 Å². The van der Waals surface area contributed by atoms with Gasteiger partial charge in [-0.25, -0.2) is 13.1 Å². The third kappa shape index (κ3) is 5.38. The lowest BCUT2D eigenvalue weighted by Crippen LogP contribution is -2.33. The Kier molecular flexibility index (Phi) is 6.74. The molecule has 0 saturated carbocycles. The Hall–Kier alpha value is -2.23. The van der Waals surface area contributed by atoms with E-state index in [4.69, 9.17) is 0 Å². The van der Waals surface area contributed by atoms with Crippen LogP contribution in [0.3, 0.4) is 0 Å². The Morgan fingerprint density at radius 3 is 2.30 bits per heavy atom. The van der Waals surface area contributed by atoms with Gasteiger partial charge in [0.25, 0.3) is 5.91 Å². The molecule has 0 aromatic heterocycles. The second-order valence-corrected chi connectivity index (χ2v) is 8.63. The minimum atomic E-state index is -3.70. The summed E-state index contributed by atoms with van der Waals surface area (Å²) in [5, 5.41) is 5.16.